The summed E-state index contributed by atoms with van der Waals surface area (Å²) in [6.07, 6.45) is -4.77. The lowest BCUT2D eigenvalue weighted by Gasteiger charge is -2.32. The third kappa shape index (κ3) is 6.49. The van der Waals surface area contributed by atoms with Crippen molar-refractivity contribution in [1.82, 2.24) is 10.2 Å². The first kappa shape index (κ1) is 28.6. The molecule has 0 aliphatic carbocycles. The summed E-state index contributed by atoms with van der Waals surface area (Å²) >= 11 is 0. The number of benzene rings is 3. The average Bonchev–Trinajstić information content (AvgIpc) is 2.90. The minimum Gasteiger partial charge on any atom is -0.357 e. The summed E-state index contributed by atoms with van der Waals surface area (Å²) in [6, 6.07) is 14.8. The van der Waals surface area contributed by atoms with Crippen LogP contribution >= 0.6 is 0 Å². The smallest absolute Gasteiger partial charge is 0.357 e. The first-order chi connectivity index (χ1) is 17.9. The molecule has 12 heteroatoms. The molecule has 1 atom stereocenters. The van der Waals surface area contributed by atoms with Gasteiger partial charge in [0.25, 0.3) is 10.0 Å². The van der Waals surface area contributed by atoms with Gasteiger partial charge in [0.2, 0.25) is 11.8 Å². The molecule has 0 spiro atoms. The molecule has 0 saturated heterocycles. The van der Waals surface area contributed by atoms with Crippen molar-refractivity contribution in [2.24, 2.45) is 0 Å². The highest BCUT2D eigenvalue weighted by Gasteiger charge is 2.35. The molecule has 0 saturated carbocycles. The summed E-state index contributed by atoms with van der Waals surface area (Å²) in [6.45, 7) is 0.0358. The number of halogens is 4. The molecule has 3 aromatic rings. The second kappa shape index (κ2) is 11.6. The lowest BCUT2D eigenvalue weighted by atomic mass is 10.1. The molecule has 2 amide bonds. The van der Waals surface area contributed by atoms with Gasteiger partial charge in [-0.3, -0.25) is 13.9 Å². The van der Waals surface area contributed by atoms with E-state index in [1.807, 2.05) is 0 Å². The zero-order chi connectivity index (χ0) is 28.1. The summed E-state index contributed by atoms with van der Waals surface area (Å²) in [5, 5.41) is 2.38. The third-order valence-electron chi connectivity index (χ3n) is 5.78. The predicted molar refractivity (Wildman–Crippen MR) is 133 cm³/mol. The highest BCUT2D eigenvalue weighted by Crippen LogP contribution is 2.33. The van der Waals surface area contributed by atoms with Crippen LogP contribution in [-0.4, -0.2) is 44.8 Å². The summed E-state index contributed by atoms with van der Waals surface area (Å²) in [5.41, 5.74) is -1.46. The number of nitrogens with zero attached hydrogens (tertiary/aromatic N) is 2. The number of anilines is 1. The largest absolute Gasteiger partial charge is 0.416 e. The Morgan fingerprint density at radius 1 is 0.947 bits per heavy atom. The van der Waals surface area contributed by atoms with Crippen molar-refractivity contribution >= 4 is 27.5 Å². The molecule has 0 fully saturated rings. The lowest BCUT2D eigenvalue weighted by molar-refractivity contribution is -0.139. The molecule has 38 heavy (non-hydrogen) atoms. The van der Waals surface area contributed by atoms with E-state index in [9.17, 15) is 35.6 Å². The van der Waals surface area contributed by atoms with Gasteiger partial charge in [-0.2, -0.15) is 13.2 Å². The Kier molecular flexibility index (Phi) is 8.77. The number of rotatable bonds is 9. The minimum atomic E-state index is -4.77. The van der Waals surface area contributed by atoms with Crippen molar-refractivity contribution in [2.45, 2.75) is 30.6 Å². The summed E-state index contributed by atoms with van der Waals surface area (Å²) in [7, 11) is -3.20. The number of nitrogens with one attached hydrogen (secondary N) is 1. The van der Waals surface area contributed by atoms with Crippen LogP contribution in [0.25, 0.3) is 0 Å². The SMILES string of the molecule is CNC(=O)[C@H](C)N(Cc1ccccc1F)C(=O)CN(c1cccc(C(F)(F)F)c1)S(=O)(=O)c1ccccc1. The van der Waals surface area contributed by atoms with Crippen LogP contribution in [-0.2, 0) is 32.3 Å². The molecule has 3 rings (SSSR count). The van der Waals surface area contributed by atoms with E-state index < -0.39 is 57.7 Å². The van der Waals surface area contributed by atoms with Gasteiger partial charge in [-0.25, -0.2) is 12.8 Å². The maximum Gasteiger partial charge on any atom is 0.416 e. The topological polar surface area (TPSA) is 86.8 Å². The van der Waals surface area contributed by atoms with Crippen molar-refractivity contribution < 1.29 is 35.6 Å². The van der Waals surface area contributed by atoms with Crippen LogP contribution in [0, 0.1) is 5.82 Å². The second-order valence-electron chi connectivity index (χ2n) is 8.28. The van der Waals surface area contributed by atoms with Crippen molar-refractivity contribution in [3.8, 4) is 0 Å². The molecule has 7 nitrogen and oxygen atoms in total. The van der Waals surface area contributed by atoms with Gasteiger partial charge in [-0.1, -0.05) is 42.5 Å². The van der Waals surface area contributed by atoms with Crippen molar-refractivity contribution in [3.63, 3.8) is 0 Å². The number of hydrogen-bond donors (Lipinski definition) is 1. The maximum absolute atomic E-state index is 14.4. The summed E-state index contributed by atoms with van der Waals surface area (Å²) < 4.78 is 82.4. The molecule has 0 aliphatic rings. The van der Waals surface area contributed by atoms with Gasteiger partial charge in [0.15, 0.2) is 0 Å². The molecule has 0 unspecified atom stereocenters. The Bertz CT molecular complexity index is 1400. The van der Waals surface area contributed by atoms with Crippen molar-refractivity contribution in [1.29, 1.82) is 0 Å². The van der Waals surface area contributed by atoms with E-state index in [-0.39, 0.29) is 17.0 Å². The Hall–Kier alpha value is -3.93. The van der Waals surface area contributed by atoms with Gasteiger partial charge in [0, 0.05) is 19.2 Å². The Balaban J connectivity index is 2.09. The first-order valence-electron chi connectivity index (χ1n) is 11.4. The molecule has 0 aliphatic heterocycles. The molecule has 1 N–H and O–H groups in total. The third-order valence-corrected chi connectivity index (χ3v) is 7.57. The second-order valence-corrected chi connectivity index (χ2v) is 10.1. The van der Waals surface area contributed by atoms with Crippen molar-refractivity contribution in [3.05, 3.63) is 95.8 Å². The Morgan fingerprint density at radius 2 is 1.58 bits per heavy atom. The normalized spacial score (nSPS) is 12.5. The first-order valence-corrected chi connectivity index (χ1v) is 12.8. The fourth-order valence-electron chi connectivity index (χ4n) is 3.69. The fourth-order valence-corrected chi connectivity index (χ4v) is 5.11. The molecule has 0 heterocycles. The van der Waals surface area contributed by atoms with Crippen LogP contribution in [0.15, 0.2) is 83.8 Å². The van der Waals surface area contributed by atoms with E-state index in [1.165, 1.54) is 56.4 Å². The lowest BCUT2D eigenvalue weighted by Crippen LogP contribution is -2.50. The highest BCUT2D eigenvalue weighted by molar-refractivity contribution is 7.92. The fraction of sp³-hybridized carbons (Fsp3) is 0.231. The predicted octanol–water partition coefficient (Wildman–Crippen LogP) is 4.20. The zero-order valence-electron chi connectivity index (χ0n) is 20.4. The van der Waals surface area contributed by atoms with E-state index >= 15 is 0 Å². The standard InChI is InChI=1S/C26H25F4N3O4S/c1-18(25(35)31-2)32(16-19-9-6-7-14-23(19)27)24(34)17-33(38(36,37)22-12-4-3-5-13-22)21-11-8-10-20(15-21)26(28,29)30/h3-15,18H,16-17H2,1-2H3,(H,31,35)/t18-/m0/s1. The molecule has 202 valence electrons. The number of likely N-dealkylation sites (N-methyl/N-ethyl adjacent to an activating group) is 1. The molecule has 3 aromatic carbocycles. The highest BCUT2D eigenvalue weighted by atomic mass is 32.2. The van der Waals surface area contributed by atoms with E-state index in [4.69, 9.17) is 0 Å². The molecule has 0 radical (unpaired) electrons. The number of carbonyl (C=O) groups excluding carboxylic acids is 2. The number of alkyl halides is 3. The van der Waals surface area contributed by atoms with Crippen LogP contribution < -0.4 is 9.62 Å². The van der Waals surface area contributed by atoms with Gasteiger partial charge >= 0.3 is 6.18 Å². The van der Waals surface area contributed by atoms with Crippen LogP contribution in [0.3, 0.4) is 0 Å². The van der Waals surface area contributed by atoms with Crippen LogP contribution in [0.1, 0.15) is 18.1 Å². The van der Waals surface area contributed by atoms with Gasteiger partial charge in [0.1, 0.15) is 18.4 Å². The summed E-state index contributed by atoms with van der Waals surface area (Å²) in [4.78, 5) is 26.7. The monoisotopic (exact) mass is 551 g/mol. The van der Waals surface area contributed by atoms with Gasteiger partial charge in [-0.15, -0.1) is 0 Å². The Morgan fingerprint density at radius 3 is 2.18 bits per heavy atom. The van der Waals surface area contributed by atoms with Crippen LogP contribution in [0.4, 0.5) is 23.2 Å². The molecular formula is C26H25F4N3O4S. The molecule has 0 aromatic heterocycles. The number of amides is 2. The molecule has 0 bridgehead atoms. The van der Waals surface area contributed by atoms with E-state index in [1.54, 1.807) is 6.07 Å². The van der Waals surface area contributed by atoms with Gasteiger partial charge in [-0.05, 0) is 43.3 Å². The van der Waals surface area contributed by atoms with Gasteiger partial charge < -0.3 is 10.2 Å². The zero-order valence-corrected chi connectivity index (χ0v) is 21.3. The number of sulfonamides is 1. The minimum absolute atomic E-state index is 0.0631. The van der Waals surface area contributed by atoms with Gasteiger partial charge in [0.05, 0.1) is 16.1 Å². The summed E-state index contributed by atoms with van der Waals surface area (Å²) in [5.74, 6) is -2.19. The van der Waals surface area contributed by atoms with Crippen LogP contribution in [0.5, 0.6) is 0 Å². The quantitative estimate of drug-likeness (QED) is 0.404. The van der Waals surface area contributed by atoms with Crippen LogP contribution in [0.2, 0.25) is 0 Å². The number of carbonyl (C=O) groups is 2. The van der Waals surface area contributed by atoms with E-state index in [0.29, 0.717) is 10.4 Å². The Labute approximate surface area is 217 Å². The molecular weight excluding hydrogens is 526 g/mol. The number of hydrogen-bond acceptors (Lipinski definition) is 4. The average molecular weight is 552 g/mol. The maximum atomic E-state index is 14.4. The van der Waals surface area contributed by atoms with E-state index in [0.717, 1.165) is 29.2 Å². The van der Waals surface area contributed by atoms with E-state index in [2.05, 4.69) is 5.32 Å². The van der Waals surface area contributed by atoms with Crippen molar-refractivity contribution in [2.75, 3.05) is 17.9 Å².